The van der Waals surface area contributed by atoms with Crippen LogP contribution >= 0.6 is 0 Å². The minimum absolute atomic E-state index is 0.164. The summed E-state index contributed by atoms with van der Waals surface area (Å²) in [6.07, 6.45) is 1.42. The zero-order valence-corrected chi connectivity index (χ0v) is 28.1. The molecule has 1 aliphatic heterocycles. The lowest BCUT2D eigenvalue weighted by molar-refractivity contribution is -0.143. The highest BCUT2D eigenvalue weighted by Gasteiger charge is 2.50. The number of hydrogen-bond acceptors (Lipinski definition) is 6. The monoisotopic (exact) mass is 642 g/mol. The van der Waals surface area contributed by atoms with E-state index >= 15 is 0 Å². The van der Waals surface area contributed by atoms with Crippen LogP contribution < -0.4 is 20.7 Å². The SMILES string of the molecule is COc1cccc(CNCC(O)[C@H](Cc2ccccc2)NC(=O)[C@H](CCc2ccccc2)N2CC[C@](CC(C)C)(NC(C)=O)C2=O)c1. The van der Waals surface area contributed by atoms with Crippen LogP contribution in [0, 0.1) is 5.92 Å². The molecule has 1 heterocycles. The number of nitrogens with one attached hydrogen (secondary N) is 3. The first-order valence-electron chi connectivity index (χ1n) is 16.6. The van der Waals surface area contributed by atoms with Gasteiger partial charge in [-0.05, 0) is 66.8 Å². The van der Waals surface area contributed by atoms with Gasteiger partial charge < -0.3 is 30.7 Å². The average molecular weight is 643 g/mol. The third kappa shape index (κ3) is 10.1. The van der Waals surface area contributed by atoms with Gasteiger partial charge in [-0.25, -0.2) is 0 Å². The molecular weight excluding hydrogens is 592 g/mol. The van der Waals surface area contributed by atoms with Crippen LogP contribution in [-0.4, -0.2) is 71.7 Å². The van der Waals surface area contributed by atoms with Gasteiger partial charge in [-0.1, -0.05) is 86.6 Å². The number of carbonyl (C=O) groups excluding carboxylic acids is 3. The third-order valence-corrected chi connectivity index (χ3v) is 8.76. The number of amides is 3. The van der Waals surface area contributed by atoms with E-state index < -0.39 is 23.7 Å². The quantitative estimate of drug-likeness (QED) is 0.177. The van der Waals surface area contributed by atoms with Gasteiger partial charge in [0.1, 0.15) is 17.3 Å². The van der Waals surface area contributed by atoms with Crippen LogP contribution in [-0.2, 0) is 33.8 Å². The van der Waals surface area contributed by atoms with Gasteiger partial charge in [-0.15, -0.1) is 0 Å². The molecular formula is C38H50N4O5. The summed E-state index contributed by atoms with van der Waals surface area (Å²) in [5, 5.41) is 20.9. The smallest absolute Gasteiger partial charge is 0.249 e. The second-order valence-corrected chi connectivity index (χ2v) is 13.0. The largest absolute Gasteiger partial charge is 0.497 e. The standard InChI is InChI=1S/C38H50N4O5/c1-27(2)24-38(41-28(3)43)20-21-42(37(38)46)34(19-18-29-12-7-5-8-13-29)36(45)40-33(23-30-14-9-6-10-15-30)35(44)26-39-25-31-16-11-17-32(22-31)47-4/h5-17,22,27,33-35,39,44H,18-21,23-26H2,1-4H3,(H,40,45)(H,41,43)/t33-,34-,35?,38+/m0/s1. The molecule has 0 radical (unpaired) electrons. The number of benzene rings is 3. The van der Waals surface area contributed by atoms with Crippen molar-refractivity contribution in [2.75, 3.05) is 20.2 Å². The Labute approximate surface area is 279 Å². The van der Waals surface area contributed by atoms with Crippen molar-refractivity contribution in [1.82, 2.24) is 20.9 Å². The van der Waals surface area contributed by atoms with Crippen LogP contribution in [0.3, 0.4) is 0 Å². The Balaban J connectivity index is 1.55. The molecule has 1 saturated heterocycles. The molecule has 0 bridgehead atoms. The Kier molecular flexibility index (Phi) is 13.0. The second kappa shape index (κ2) is 17.1. The van der Waals surface area contributed by atoms with Gasteiger partial charge in [0, 0.05) is 26.6 Å². The summed E-state index contributed by atoms with van der Waals surface area (Å²) in [7, 11) is 1.63. The first kappa shape index (κ1) is 35.6. The van der Waals surface area contributed by atoms with Crippen LogP contribution in [0.15, 0.2) is 84.9 Å². The lowest BCUT2D eigenvalue weighted by Crippen LogP contribution is -2.59. The molecule has 4 rings (SSSR count). The van der Waals surface area contributed by atoms with Gasteiger partial charge >= 0.3 is 0 Å². The third-order valence-electron chi connectivity index (χ3n) is 8.76. The predicted octanol–water partition coefficient (Wildman–Crippen LogP) is 4.03. The fraction of sp³-hybridized carbons (Fsp3) is 0.447. The maximum atomic E-state index is 14.3. The molecule has 1 unspecified atom stereocenters. The van der Waals surface area contributed by atoms with Crippen molar-refractivity contribution in [2.45, 2.75) is 83.1 Å². The Morgan fingerprint density at radius 3 is 2.26 bits per heavy atom. The first-order valence-corrected chi connectivity index (χ1v) is 16.6. The first-order chi connectivity index (χ1) is 22.6. The Morgan fingerprint density at radius 2 is 1.62 bits per heavy atom. The minimum Gasteiger partial charge on any atom is -0.497 e. The van der Waals surface area contributed by atoms with Crippen molar-refractivity contribution >= 4 is 17.7 Å². The van der Waals surface area contributed by atoms with E-state index in [1.807, 2.05) is 98.8 Å². The number of carbonyl (C=O) groups is 3. The molecule has 9 nitrogen and oxygen atoms in total. The second-order valence-electron chi connectivity index (χ2n) is 13.0. The number of ether oxygens (including phenoxy) is 1. The highest BCUT2D eigenvalue weighted by molar-refractivity contribution is 5.96. The molecule has 3 amide bonds. The topological polar surface area (TPSA) is 120 Å². The molecule has 0 spiro atoms. The van der Waals surface area contributed by atoms with Crippen molar-refractivity contribution < 1.29 is 24.2 Å². The van der Waals surface area contributed by atoms with Crippen LogP contribution in [0.1, 0.15) is 56.7 Å². The summed E-state index contributed by atoms with van der Waals surface area (Å²) in [4.78, 5) is 42.3. The van der Waals surface area contributed by atoms with Crippen LogP contribution in [0.25, 0.3) is 0 Å². The molecule has 3 aromatic rings. The summed E-state index contributed by atoms with van der Waals surface area (Å²) >= 11 is 0. The molecule has 252 valence electrons. The summed E-state index contributed by atoms with van der Waals surface area (Å²) in [5.41, 5.74) is 2.01. The lowest BCUT2D eigenvalue weighted by atomic mass is 9.87. The maximum absolute atomic E-state index is 14.3. The number of aliphatic hydroxyl groups is 1. The molecule has 1 aliphatic rings. The van der Waals surface area contributed by atoms with Gasteiger partial charge in [0.25, 0.3) is 0 Å². The fourth-order valence-corrected chi connectivity index (χ4v) is 6.58. The zero-order valence-electron chi connectivity index (χ0n) is 28.1. The Hall–Kier alpha value is -4.21. The van der Waals surface area contributed by atoms with Crippen LogP contribution in [0.4, 0.5) is 0 Å². The van der Waals surface area contributed by atoms with E-state index in [0.29, 0.717) is 45.2 Å². The van der Waals surface area contributed by atoms with Crippen molar-refractivity contribution in [3.05, 3.63) is 102 Å². The molecule has 0 saturated carbocycles. The van der Waals surface area contributed by atoms with E-state index in [9.17, 15) is 19.5 Å². The van der Waals surface area contributed by atoms with Gasteiger partial charge in [0.2, 0.25) is 17.7 Å². The highest BCUT2D eigenvalue weighted by atomic mass is 16.5. The van der Waals surface area contributed by atoms with Crippen LogP contribution in [0.5, 0.6) is 5.75 Å². The zero-order chi connectivity index (χ0) is 33.8. The molecule has 9 heteroatoms. The number of likely N-dealkylation sites (tertiary alicyclic amines) is 1. The van der Waals surface area contributed by atoms with Gasteiger partial charge in [0.05, 0.1) is 19.3 Å². The average Bonchev–Trinajstić information content (AvgIpc) is 3.35. The van der Waals surface area contributed by atoms with Crippen molar-refractivity contribution in [2.24, 2.45) is 5.92 Å². The summed E-state index contributed by atoms with van der Waals surface area (Å²) in [5.74, 6) is 0.115. The predicted molar refractivity (Wildman–Crippen MR) is 184 cm³/mol. The van der Waals surface area contributed by atoms with Crippen molar-refractivity contribution in [3.8, 4) is 5.75 Å². The summed E-state index contributed by atoms with van der Waals surface area (Å²) in [6.45, 7) is 6.59. The van der Waals surface area contributed by atoms with Gasteiger partial charge in [-0.3, -0.25) is 14.4 Å². The fourth-order valence-electron chi connectivity index (χ4n) is 6.58. The normalized spacial score (nSPS) is 18.1. The number of rotatable bonds is 17. The van der Waals surface area contributed by atoms with E-state index in [1.54, 1.807) is 12.0 Å². The molecule has 3 aromatic carbocycles. The molecule has 47 heavy (non-hydrogen) atoms. The Morgan fingerprint density at radius 1 is 0.957 bits per heavy atom. The van der Waals surface area contributed by atoms with E-state index in [0.717, 1.165) is 22.4 Å². The van der Waals surface area contributed by atoms with E-state index in [1.165, 1.54) is 6.92 Å². The maximum Gasteiger partial charge on any atom is 0.249 e. The summed E-state index contributed by atoms with van der Waals surface area (Å²) < 4.78 is 5.33. The van der Waals surface area contributed by atoms with E-state index in [2.05, 4.69) is 16.0 Å². The molecule has 0 aliphatic carbocycles. The van der Waals surface area contributed by atoms with Gasteiger partial charge in [-0.2, -0.15) is 0 Å². The number of hydrogen-bond donors (Lipinski definition) is 4. The Bertz CT molecular complexity index is 1450. The van der Waals surface area contributed by atoms with Crippen molar-refractivity contribution in [1.29, 1.82) is 0 Å². The van der Waals surface area contributed by atoms with Gasteiger partial charge in [0.15, 0.2) is 0 Å². The molecule has 0 aromatic heterocycles. The molecule has 4 atom stereocenters. The molecule has 4 N–H and O–H groups in total. The number of methoxy groups -OCH3 is 1. The highest BCUT2D eigenvalue weighted by Crippen LogP contribution is 2.32. The van der Waals surface area contributed by atoms with Crippen molar-refractivity contribution in [3.63, 3.8) is 0 Å². The van der Waals surface area contributed by atoms with Crippen LogP contribution in [0.2, 0.25) is 0 Å². The molecule has 1 fully saturated rings. The lowest BCUT2D eigenvalue weighted by Gasteiger charge is -2.34. The number of nitrogens with zero attached hydrogens (tertiary/aromatic N) is 1. The number of aryl methyl sites for hydroxylation is 1. The van der Waals surface area contributed by atoms with E-state index in [-0.39, 0.29) is 30.2 Å². The number of aliphatic hydroxyl groups excluding tert-OH is 1. The minimum atomic E-state index is -1.04. The van der Waals surface area contributed by atoms with E-state index in [4.69, 9.17) is 4.74 Å². The summed E-state index contributed by atoms with van der Waals surface area (Å²) in [6, 6.07) is 26.0.